The summed E-state index contributed by atoms with van der Waals surface area (Å²) in [6.45, 7) is 7.24. The van der Waals surface area contributed by atoms with Crippen LogP contribution in [0.25, 0.3) is 10.9 Å². The Morgan fingerprint density at radius 1 is 1.27 bits per heavy atom. The lowest BCUT2D eigenvalue weighted by atomic mass is 9.86. The van der Waals surface area contributed by atoms with Crippen LogP contribution in [0.3, 0.4) is 0 Å². The van der Waals surface area contributed by atoms with Gasteiger partial charge in [-0.2, -0.15) is 0 Å². The topological polar surface area (TPSA) is 68.8 Å². The Labute approximate surface area is 217 Å². The fraction of sp³-hybridized carbons (Fsp3) is 0.483. The number of rotatable bonds is 11. The summed E-state index contributed by atoms with van der Waals surface area (Å²) in [4.78, 5) is 19.4. The highest BCUT2D eigenvalue weighted by Crippen LogP contribution is 2.44. The van der Waals surface area contributed by atoms with Crippen molar-refractivity contribution < 1.29 is 23.4 Å². The molecule has 1 aliphatic heterocycles. The van der Waals surface area contributed by atoms with Gasteiger partial charge in [-0.15, -0.1) is 0 Å². The highest BCUT2D eigenvalue weighted by molar-refractivity contribution is 5.85. The molecule has 2 heterocycles. The third kappa shape index (κ3) is 5.65. The van der Waals surface area contributed by atoms with Gasteiger partial charge in [-0.3, -0.25) is 14.1 Å². The van der Waals surface area contributed by atoms with Crippen molar-refractivity contribution in [3.63, 3.8) is 0 Å². The third-order valence-electron chi connectivity index (χ3n) is 7.51. The van der Waals surface area contributed by atoms with Crippen LogP contribution >= 0.6 is 0 Å². The molecule has 0 saturated carbocycles. The molecule has 1 aromatic heterocycles. The van der Waals surface area contributed by atoms with E-state index in [1.807, 2.05) is 37.1 Å². The van der Waals surface area contributed by atoms with Crippen molar-refractivity contribution in [1.29, 1.82) is 0 Å². The van der Waals surface area contributed by atoms with Crippen molar-refractivity contribution in [2.24, 2.45) is 5.92 Å². The van der Waals surface area contributed by atoms with Crippen LogP contribution in [-0.2, 0) is 11.2 Å². The lowest BCUT2D eigenvalue weighted by Gasteiger charge is -2.42. The van der Waals surface area contributed by atoms with Gasteiger partial charge in [-0.25, -0.2) is 4.39 Å². The highest BCUT2D eigenvalue weighted by Gasteiger charge is 2.39. The number of hydrogen-bond donors (Lipinski definition) is 2. The summed E-state index contributed by atoms with van der Waals surface area (Å²) >= 11 is 0. The number of para-hydroxylation sites is 1. The monoisotopic (exact) mass is 513 g/mol. The number of nitrogens with zero attached hydrogens (tertiary/aromatic N) is 2. The SMILES string of the molecule is Cc1c(OCCN(C)CCCF)ccc(F)c1C1c2[nH]c3ccccc3c2C[C@@H](C)N1C[C@@H](C)C(=O)O. The van der Waals surface area contributed by atoms with Crippen molar-refractivity contribution >= 4 is 16.9 Å². The molecule has 0 radical (unpaired) electrons. The summed E-state index contributed by atoms with van der Waals surface area (Å²) in [5.41, 5.74) is 4.23. The minimum absolute atomic E-state index is 0.00559. The van der Waals surface area contributed by atoms with E-state index in [0.717, 1.165) is 28.6 Å². The van der Waals surface area contributed by atoms with Gasteiger partial charge in [0.1, 0.15) is 18.2 Å². The molecule has 3 atom stereocenters. The largest absolute Gasteiger partial charge is 0.492 e. The lowest BCUT2D eigenvalue weighted by Crippen LogP contribution is -2.46. The van der Waals surface area contributed by atoms with Gasteiger partial charge in [0, 0.05) is 47.8 Å². The Morgan fingerprint density at radius 2 is 2.03 bits per heavy atom. The average molecular weight is 514 g/mol. The first-order valence-electron chi connectivity index (χ1n) is 13.0. The fourth-order valence-electron chi connectivity index (χ4n) is 5.42. The fourth-order valence-corrected chi connectivity index (χ4v) is 5.42. The van der Waals surface area contributed by atoms with Gasteiger partial charge in [0.05, 0.1) is 18.6 Å². The molecule has 1 unspecified atom stereocenters. The molecule has 3 aromatic rings. The van der Waals surface area contributed by atoms with E-state index in [1.54, 1.807) is 13.0 Å². The molecule has 0 saturated heterocycles. The summed E-state index contributed by atoms with van der Waals surface area (Å²) in [6, 6.07) is 10.7. The summed E-state index contributed by atoms with van der Waals surface area (Å²) in [5, 5.41) is 10.8. The van der Waals surface area contributed by atoms with Crippen LogP contribution in [0.4, 0.5) is 8.78 Å². The van der Waals surface area contributed by atoms with Crippen molar-refractivity contribution in [1.82, 2.24) is 14.8 Å². The number of hydrogen-bond acceptors (Lipinski definition) is 4. The maximum Gasteiger partial charge on any atom is 0.307 e. The second-order valence-corrected chi connectivity index (χ2v) is 10.2. The van der Waals surface area contributed by atoms with Crippen LogP contribution in [0, 0.1) is 18.7 Å². The number of aromatic amines is 1. The van der Waals surface area contributed by atoms with Crippen LogP contribution in [0.1, 0.15) is 48.7 Å². The average Bonchev–Trinajstić information content (AvgIpc) is 3.23. The number of aromatic nitrogens is 1. The summed E-state index contributed by atoms with van der Waals surface area (Å²) in [7, 11) is 1.92. The molecule has 4 rings (SSSR count). The zero-order valence-electron chi connectivity index (χ0n) is 22.1. The van der Waals surface area contributed by atoms with Crippen LogP contribution in [0.5, 0.6) is 5.75 Å². The van der Waals surface area contributed by atoms with E-state index in [1.165, 1.54) is 6.07 Å². The minimum atomic E-state index is -0.875. The molecule has 0 fully saturated rings. The predicted molar refractivity (Wildman–Crippen MR) is 142 cm³/mol. The van der Waals surface area contributed by atoms with Gasteiger partial charge >= 0.3 is 5.97 Å². The Bertz CT molecular complexity index is 1240. The number of benzene rings is 2. The van der Waals surface area contributed by atoms with Crippen LogP contribution in [-0.4, -0.2) is 71.9 Å². The molecular weight excluding hydrogens is 476 g/mol. The number of carboxylic acid groups (broad SMARTS) is 1. The number of carbonyl (C=O) groups is 1. The molecule has 0 aliphatic carbocycles. The molecule has 37 heavy (non-hydrogen) atoms. The standard InChI is InChI=1S/C29H37F2N3O3/c1-18(29(35)36)17-34-19(2)16-22-21-8-5-6-9-24(21)32-27(22)28(34)26-20(3)25(11-10-23(26)31)37-15-14-33(4)13-7-12-30/h5-6,8-11,18-19,28,32H,7,12-17H2,1-4H3,(H,35,36)/t18-,19-,28?/m1/s1. The van der Waals surface area contributed by atoms with Crippen LogP contribution in [0.2, 0.25) is 0 Å². The van der Waals surface area contributed by atoms with Gasteiger partial charge in [0.25, 0.3) is 0 Å². The van der Waals surface area contributed by atoms with Gasteiger partial charge in [0.2, 0.25) is 0 Å². The Kier molecular flexibility index (Phi) is 8.49. The zero-order chi connectivity index (χ0) is 26.7. The van der Waals surface area contributed by atoms with Gasteiger partial charge in [-0.1, -0.05) is 25.1 Å². The number of alkyl halides is 1. The first-order valence-corrected chi connectivity index (χ1v) is 13.0. The second kappa shape index (κ2) is 11.6. The molecule has 0 spiro atoms. The third-order valence-corrected chi connectivity index (χ3v) is 7.51. The zero-order valence-corrected chi connectivity index (χ0v) is 22.1. The summed E-state index contributed by atoms with van der Waals surface area (Å²) < 4.78 is 34.2. The van der Waals surface area contributed by atoms with Crippen LogP contribution < -0.4 is 4.74 Å². The summed E-state index contributed by atoms with van der Waals surface area (Å²) in [6.07, 6.45) is 1.22. The van der Waals surface area contributed by atoms with Gasteiger partial charge in [-0.05, 0) is 63.1 Å². The van der Waals surface area contributed by atoms with Gasteiger partial charge in [0.15, 0.2) is 0 Å². The minimum Gasteiger partial charge on any atom is -0.492 e. The quantitative estimate of drug-likeness (QED) is 0.362. The molecular formula is C29H37F2N3O3. The van der Waals surface area contributed by atoms with E-state index in [-0.39, 0.29) is 18.5 Å². The Morgan fingerprint density at radius 3 is 2.76 bits per heavy atom. The smallest absolute Gasteiger partial charge is 0.307 e. The van der Waals surface area contributed by atoms with Crippen molar-refractivity contribution in [3.8, 4) is 5.75 Å². The van der Waals surface area contributed by atoms with Crippen LogP contribution in [0.15, 0.2) is 36.4 Å². The second-order valence-electron chi connectivity index (χ2n) is 10.2. The van der Waals surface area contributed by atoms with Crippen molar-refractivity contribution in [3.05, 3.63) is 64.6 Å². The lowest BCUT2D eigenvalue weighted by molar-refractivity contribution is -0.142. The predicted octanol–water partition coefficient (Wildman–Crippen LogP) is 5.34. The molecule has 6 nitrogen and oxygen atoms in total. The number of halogens is 2. The number of aliphatic carboxylic acids is 1. The number of carboxylic acids is 1. The normalized spacial score (nSPS) is 18.8. The van der Waals surface area contributed by atoms with E-state index < -0.39 is 17.9 Å². The Hall–Kier alpha value is -2.97. The summed E-state index contributed by atoms with van der Waals surface area (Å²) in [5.74, 6) is -1.24. The molecule has 2 aromatic carbocycles. The maximum atomic E-state index is 15.7. The highest BCUT2D eigenvalue weighted by atomic mass is 19.1. The number of ether oxygens (including phenoxy) is 1. The molecule has 0 bridgehead atoms. The number of nitrogens with one attached hydrogen (secondary N) is 1. The van der Waals surface area contributed by atoms with Gasteiger partial charge < -0.3 is 19.7 Å². The molecule has 2 N–H and O–H groups in total. The number of H-pyrrole nitrogens is 1. The van der Waals surface area contributed by atoms with E-state index in [2.05, 4.69) is 22.9 Å². The maximum absolute atomic E-state index is 15.7. The van der Waals surface area contributed by atoms with Crippen molar-refractivity contribution in [2.45, 2.75) is 45.7 Å². The first kappa shape index (κ1) is 27.1. The van der Waals surface area contributed by atoms with Crippen molar-refractivity contribution in [2.75, 3.05) is 40.0 Å². The van der Waals surface area contributed by atoms with E-state index in [0.29, 0.717) is 49.5 Å². The molecule has 8 heteroatoms. The van der Waals surface area contributed by atoms with E-state index in [4.69, 9.17) is 4.74 Å². The number of likely N-dealkylation sites (N-methyl/N-ethyl adjacent to an activating group) is 1. The van der Waals surface area contributed by atoms with E-state index in [9.17, 15) is 14.3 Å². The number of fused-ring (bicyclic) bond motifs is 3. The molecule has 0 amide bonds. The molecule has 1 aliphatic rings. The Balaban J connectivity index is 1.74. The molecule has 200 valence electrons. The first-order chi connectivity index (χ1) is 17.7. The van der Waals surface area contributed by atoms with E-state index >= 15 is 4.39 Å².